The van der Waals surface area contributed by atoms with E-state index in [1.54, 1.807) is 24.3 Å². The van der Waals surface area contributed by atoms with E-state index in [0.717, 1.165) is 4.88 Å². The van der Waals surface area contributed by atoms with Gasteiger partial charge in [-0.2, -0.15) is 0 Å². The summed E-state index contributed by atoms with van der Waals surface area (Å²) in [6.07, 6.45) is 0. The number of thiophene rings is 1. The lowest BCUT2D eigenvalue weighted by molar-refractivity contribution is 0.102. The Hall–Kier alpha value is -1.63. The first kappa shape index (κ1) is 14.3. The highest BCUT2D eigenvalue weighted by molar-refractivity contribution is 7.99. The molecule has 0 saturated heterocycles. The molecule has 2 heterocycles. The van der Waals surface area contributed by atoms with Crippen molar-refractivity contribution in [2.45, 2.75) is 5.22 Å². The van der Waals surface area contributed by atoms with Gasteiger partial charge >= 0.3 is 0 Å². The third-order valence-corrected chi connectivity index (χ3v) is 4.56. The van der Waals surface area contributed by atoms with E-state index in [2.05, 4.69) is 10.2 Å². The predicted octanol–water partition coefficient (Wildman–Crippen LogP) is 4.43. The molecular formula is C14H9ClN2O2S2. The van der Waals surface area contributed by atoms with Gasteiger partial charge < -0.3 is 4.42 Å². The Balaban J connectivity index is 1.62. The first-order chi connectivity index (χ1) is 10.2. The van der Waals surface area contributed by atoms with Crippen molar-refractivity contribution in [2.24, 2.45) is 0 Å². The van der Waals surface area contributed by atoms with Crippen LogP contribution in [0.2, 0.25) is 5.02 Å². The maximum absolute atomic E-state index is 12.0. The molecule has 3 rings (SSSR count). The Kier molecular flexibility index (Phi) is 4.38. The van der Waals surface area contributed by atoms with E-state index in [-0.39, 0.29) is 11.5 Å². The van der Waals surface area contributed by atoms with Crippen molar-refractivity contribution >= 4 is 40.5 Å². The fourth-order valence-corrected chi connectivity index (χ4v) is 3.04. The molecule has 0 atom stereocenters. The van der Waals surface area contributed by atoms with Gasteiger partial charge in [-0.25, -0.2) is 0 Å². The minimum absolute atomic E-state index is 0.00691. The lowest BCUT2D eigenvalue weighted by Crippen LogP contribution is -2.01. The lowest BCUT2D eigenvalue weighted by Gasteiger charge is -1.98. The summed E-state index contributed by atoms with van der Waals surface area (Å²) in [7, 11) is 0. The molecule has 0 aliphatic rings. The highest BCUT2D eigenvalue weighted by atomic mass is 35.5. The molecule has 0 aliphatic heterocycles. The van der Waals surface area contributed by atoms with Crippen LogP contribution in [-0.2, 0) is 0 Å². The number of carbonyl (C=O) groups excluding carboxylic acids is 1. The van der Waals surface area contributed by atoms with Crippen LogP contribution in [0.1, 0.15) is 10.4 Å². The summed E-state index contributed by atoms with van der Waals surface area (Å²) < 4.78 is 5.51. The molecule has 0 bridgehead atoms. The van der Waals surface area contributed by atoms with Crippen molar-refractivity contribution in [3.63, 3.8) is 0 Å². The maximum Gasteiger partial charge on any atom is 0.277 e. The van der Waals surface area contributed by atoms with Gasteiger partial charge in [0, 0.05) is 10.6 Å². The molecule has 0 radical (unpaired) electrons. The van der Waals surface area contributed by atoms with Crippen molar-refractivity contribution in [2.75, 3.05) is 5.75 Å². The SMILES string of the molecule is O=C(CSc1nnc(-c2cccs2)o1)c1ccc(Cl)cc1. The molecule has 21 heavy (non-hydrogen) atoms. The molecule has 1 aromatic carbocycles. The predicted molar refractivity (Wildman–Crippen MR) is 84.1 cm³/mol. The molecule has 0 fully saturated rings. The monoisotopic (exact) mass is 336 g/mol. The average molecular weight is 337 g/mol. The topological polar surface area (TPSA) is 56.0 Å². The Morgan fingerprint density at radius 1 is 1.24 bits per heavy atom. The van der Waals surface area contributed by atoms with Gasteiger partial charge in [-0.3, -0.25) is 4.79 Å². The van der Waals surface area contributed by atoms with Crippen LogP contribution in [0.4, 0.5) is 0 Å². The van der Waals surface area contributed by atoms with E-state index in [4.69, 9.17) is 16.0 Å². The quantitative estimate of drug-likeness (QED) is 0.509. The fourth-order valence-electron chi connectivity index (χ4n) is 1.61. The van der Waals surface area contributed by atoms with E-state index < -0.39 is 0 Å². The van der Waals surface area contributed by atoms with Crippen LogP contribution in [0.15, 0.2) is 51.4 Å². The normalized spacial score (nSPS) is 10.7. The number of ketones is 1. The molecule has 3 aromatic rings. The number of benzene rings is 1. The molecule has 0 aliphatic carbocycles. The Morgan fingerprint density at radius 3 is 2.76 bits per heavy atom. The summed E-state index contributed by atoms with van der Waals surface area (Å²) in [6.45, 7) is 0. The molecule has 106 valence electrons. The van der Waals surface area contributed by atoms with E-state index in [1.807, 2.05) is 17.5 Å². The maximum atomic E-state index is 12.0. The number of Topliss-reactive ketones (excluding diaryl/α,β-unsaturated/α-hetero) is 1. The van der Waals surface area contributed by atoms with Gasteiger partial charge in [0.1, 0.15) is 0 Å². The zero-order valence-corrected chi connectivity index (χ0v) is 13.0. The summed E-state index contributed by atoms with van der Waals surface area (Å²) in [4.78, 5) is 12.9. The molecule has 0 N–H and O–H groups in total. The van der Waals surface area contributed by atoms with Gasteiger partial charge in [0.15, 0.2) is 5.78 Å². The molecule has 0 amide bonds. The van der Waals surface area contributed by atoms with Crippen LogP contribution in [0.25, 0.3) is 10.8 Å². The third-order valence-electron chi connectivity index (χ3n) is 2.63. The van der Waals surface area contributed by atoms with Crippen LogP contribution in [0, 0.1) is 0 Å². The standard InChI is InChI=1S/C14H9ClN2O2S2/c15-10-5-3-9(4-6-10)11(18)8-21-14-17-16-13(19-14)12-2-1-7-20-12/h1-7H,8H2. The molecule has 0 saturated carbocycles. The number of halogens is 1. The Bertz CT molecular complexity index is 739. The first-order valence-electron chi connectivity index (χ1n) is 6.01. The number of carbonyl (C=O) groups is 1. The average Bonchev–Trinajstić information content (AvgIpc) is 3.16. The Morgan fingerprint density at radius 2 is 2.05 bits per heavy atom. The van der Waals surface area contributed by atoms with E-state index in [0.29, 0.717) is 21.7 Å². The van der Waals surface area contributed by atoms with Crippen LogP contribution in [-0.4, -0.2) is 21.7 Å². The molecule has 7 heteroatoms. The second-order valence-corrected chi connectivity index (χ2v) is 6.38. The second kappa shape index (κ2) is 6.43. The summed E-state index contributed by atoms with van der Waals surface area (Å²) >= 11 is 8.55. The number of hydrogen-bond donors (Lipinski definition) is 0. The number of thioether (sulfide) groups is 1. The minimum atomic E-state index is -0.00691. The van der Waals surface area contributed by atoms with Crippen molar-refractivity contribution in [3.8, 4) is 10.8 Å². The number of aromatic nitrogens is 2. The summed E-state index contributed by atoms with van der Waals surface area (Å²) in [5, 5.41) is 10.8. The van der Waals surface area contributed by atoms with Gasteiger partial charge in [-0.05, 0) is 35.7 Å². The zero-order valence-electron chi connectivity index (χ0n) is 10.7. The zero-order chi connectivity index (χ0) is 14.7. The Labute approximate surface area is 134 Å². The number of hydrogen-bond acceptors (Lipinski definition) is 6. The van der Waals surface area contributed by atoms with Crippen molar-refractivity contribution in [1.29, 1.82) is 0 Å². The molecule has 0 spiro atoms. The van der Waals surface area contributed by atoms with E-state index in [9.17, 15) is 4.79 Å². The molecule has 2 aromatic heterocycles. The van der Waals surface area contributed by atoms with Gasteiger partial charge in [0.25, 0.3) is 11.1 Å². The number of nitrogens with zero attached hydrogens (tertiary/aromatic N) is 2. The van der Waals surface area contributed by atoms with Gasteiger partial charge in [0.05, 0.1) is 10.6 Å². The van der Waals surface area contributed by atoms with Crippen molar-refractivity contribution < 1.29 is 9.21 Å². The lowest BCUT2D eigenvalue weighted by atomic mass is 10.1. The van der Waals surface area contributed by atoms with E-state index in [1.165, 1.54) is 23.1 Å². The van der Waals surface area contributed by atoms with Gasteiger partial charge in [0.2, 0.25) is 0 Å². The summed E-state index contributed by atoms with van der Waals surface area (Å²) in [5.74, 6) is 0.715. The van der Waals surface area contributed by atoms with Crippen LogP contribution in [0.3, 0.4) is 0 Å². The summed E-state index contributed by atoms with van der Waals surface area (Å²) in [5.41, 5.74) is 0.616. The molecular weight excluding hydrogens is 328 g/mol. The van der Waals surface area contributed by atoms with Crippen LogP contribution < -0.4 is 0 Å². The van der Waals surface area contributed by atoms with Gasteiger partial charge in [-0.15, -0.1) is 21.5 Å². The number of rotatable bonds is 5. The highest BCUT2D eigenvalue weighted by Gasteiger charge is 2.12. The van der Waals surface area contributed by atoms with Crippen LogP contribution >= 0.6 is 34.7 Å². The molecule has 4 nitrogen and oxygen atoms in total. The van der Waals surface area contributed by atoms with Gasteiger partial charge in [-0.1, -0.05) is 29.4 Å². The largest absolute Gasteiger partial charge is 0.410 e. The highest BCUT2D eigenvalue weighted by Crippen LogP contribution is 2.26. The minimum Gasteiger partial charge on any atom is -0.410 e. The van der Waals surface area contributed by atoms with Crippen molar-refractivity contribution in [1.82, 2.24) is 10.2 Å². The van der Waals surface area contributed by atoms with Crippen LogP contribution in [0.5, 0.6) is 0 Å². The summed E-state index contributed by atoms with van der Waals surface area (Å²) in [6, 6.07) is 10.6. The molecule has 0 unspecified atom stereocenters. The second-order valence-electron chi connectivity index (χ2n) is 4.07. The van der Waals surface area contributed by atoms with E-state index >= 15 is 0 Å². The fraction of sp³-hybridized carbons (Fsp3) is 0.0714. The van der Waals surface area contributed by atoms with Crippen molar-refractivity contribution in [3.05, 3.63) is 52.4 Å². The third kappa shape index (κ3) is 3.53. The smallest absolute Gasteiger partial charge is 0.277 e. The first-order valence-corrected chi connectivity index (χ1v) is 8.25.